The highest BCUT2D eigenvalue weighted by Gasteiger charge is 2.88. The Hall–Kier alpha value is -0.540. The van der Waals surface area contributed by atoms with Gasteiger partial charge in [-0.2, -0.15) is 0 Å². The molecule has 1 spiro atoms. The maximum absolute atomic E-state index is 12.1. The number of hydrogen-bond donors (Lipinski definition) is 2. The molecule has 2 saturated carbocycles. The van der Waals surface area contributed by atoms with Crippen molar-refractivity contribution in [1.29, 1.82) is 0 Å². The number of hydrogen-bond acceptors (Lipinski definition) is 7. The van der Waals surface area contributed by atoms with Gasteiger partial charge in [-0.15, -0.1) is 0 Å². The molecule has 2 N–H and O–H groups in total. The molecule has 7 heteroatoms. The molecular weight excluding hydrogens is 412 g/mol. The summed E-state index contributed by atoms with van der Waals surface area (Å²) in [7, 11) is 0. The number of rotatable bonds is 1. The van der Waals surface area contributed by atoms with Gasteiger partial charge < -0.3 is 33.9 Å². The van der Waals surface area contributed by atoms with Crippen molar-refractivity contribution in [3.63, 3.8) is 0 Å². The van der Waals surface area contributed by atoms with E-state index in [0.29, 0.717) is 5.92 Å². The van der Waals surface area contributed by atoms with Gasteiger partial charge in [-0.05, 0) is 49.0 Å². The number of aliphatic hydroxyl groups is 2. The predicted molar refractivity (Wildman–Crippen MR) is 110 cm³/mol. The van der Waals surface area contributed by atoms with Gasteiger partial charge in [-0.3, -0.25) is 0 Å². The summed E-state index contributed by atoms with van der Waals surface area (Å²) in [5, 5.41) is 23.1. The molecule has 8 rings (SSSR count). The average molecular weight is 447 g/mol. The minimum absolute atomic E-state index is 0.0599. The molecular formula is C25H34O7. The van der Waals surface area contributed by atoms with Crippen LogP contribution in [0.3, 0.4) is 0 Å². The Morgan fingerprint density at radius 2 is 1.84 bits per heavy atom. The Kier molecular flexibility index (Phi) is 3.19. The molecule has 0 aromatic rings. The van der Waals surface area contributed by atoms with Crippen LogP contribution in [0.5, 0.6) is 0 Å². The predicted octanol–water partition coefficient (Wildman–Crippen LogP) is 2.24. The van der Waals surface area contributed by atoms with Crippen LogP contribution in [0, 0.1) is 28.6 Å². The fourth-order valence-corrected chi connectivity index (χ4v) is 9.87. The quantitative estimate of drug-likeness (QED) is 0.472. The standard InChI is InChI=1S/C25H34O7/c1-12(2)22-10-8-20(3)7-9-21(4)14(25(20,22)32-22)6-5-13-15-16(21)29-19-24(15,27)18-23(26,11-28-19)31-17(13)30-18/h5,12,14-19,26-27H,6-11H2,1-4H3/t14-,15+,16-,17+,18-,19-,20-,21+,22+,23-,24+,25+/m0/s1. The van der Waals surface area contributed by atoms with Crippen LogP contribution in [0.25, 0.3) is 0 Å². The summed E-state index contributed by atoms with van der Waals surface area (Å²) >= 11 is 0. The number of epoxide rings is 1. The van der Waals surface area contributed by atoms with Crippen molar-refractivity contribution < 1.29 is 33.9 Å². The Morgan fingerprint density at radius 1 is 1.06 bits per heavy atom. The second-order valence-electron chi connectivity index (χ2n) is 12.8. The second kappa shape index (κ2) is 5.18. The SMILES string of the molecule is CC(C)[C@]12CC[C@]3(C)CC[C@@]4(C)[C@H]5O[C@@H]6OC[C@]7(O)O[C@H]8O[C@@H]7[C@]6(O)[C@@H]5C8=CC[C@@H]4[C@@]31O2. The maximum atomic E-state index is 12.1. The van der Waals surface area contributed by atoms with Crippen molar-refractivity contribution in [3.05, 3.63) is 11.6 Å². The molecule has 5 aliphatic heterocycles. The topological polar surface area (TPSA) is 89.9 Å². The third-order valence-electron chi connectivity index (χ3n) is 11.5. The molecule has 8 aliphatic rings. The highest BCUT2D eigenvalue weighted by molar-refractivity contribution is 5.39. The summed E-state index contributed by atoms with van der Waals surface area (Å²) in [6.45, 7) is 9.34. The van der Waals surface area contributed by atoms with E-state index in [1.54, 1.807) is 0 Å². The first-order valence-electron chi connectivity index (χ1n) is 12.5. The van der Waals surface area contributed by atoms with E-state index in [-0.39, 0.29) is 46.6 Å². The van der Waals surface area contributed by atoms with Gasteiger partial charge in [0, 0.05) is 17.3 Å². The normalized spacial score (nSPS) is 67.5. The molecule has 176 valence electrons. The van der Waals surface area contributed by atoms with Crippen molar-refractivity contribution in [3.8, 4) is 0 Å². The first kappa shape index (κ1) is 19.7. The molecule has 5 saturated heterocycles. The van der Waals surface area contributed by atoms with Crippen LogP contribution in [0.15, 0.2) is 11.6 Å². The van der Waals surface area contributed by atoms with Gasteiger partial charge in [0.1, 0.15) is 17.8 Å². The van der Waals surface area contributed by atoms with E-state index >= 15 is 0 Å². The second-order valence-corrected chi connectivity index (χ2v) is 12.8. The van der Waals surface area contributed by atoms with Crippen molar-refractivity contribution in [2.45, 2.75) is 107 Å². The maximum Gasteiger partial charge on any atom is 0.222 e. The van der Waals surface area contributed by atoms with E-state index in [9.17, 15) is 10.2 Å². The summed E-state index contributed by atoms with van der Waals surface area (Å²) in [6, 6.07) is 0. The van der Waals surface area contributed by atoms with Gasteiger partial charge >= 0.3 is 0 Å². The van der Waals surface area contributed by atoms with Gasteiger partial charge in [-0.25, -0.2) is 0 Å². The van der Waals surface area contributed by atoms with Crippen LogP contribution in [0.1, 0.15) is 59.8 Å². The third kappa shape index (κ3) is 1.67. The molecule has 0 amide bonds. The molecule has 5 heterocycles. The lowest BCUT2D eigenvalue weighted by Crippen LogP contribution is -2.69. The number of allylic oxidation sites excluding steroid dienone is 1. The van der Waals surface area contributed by atoms with Crippen molar-refractivity contribution in [2.75, 3.05) is 6.61 Å². The van der Waals surface area contributed by atoms with Crippen LogP contribution >= 0.6 is 0 Å². The van der Waals surface area contributed by atoms with Crippen molar-refractivity contribution in [2.24, 2.45) is 28.6 Å². The van der Waals surface area contributed by atoms with Crippen LogP contribution in [0.4, 0.5) is 0 Å². The summed E-state index contributed by atoms with van der Waals surface area (Å²) in [4.78, 5) is 0. The van der Waals surface area contributed by atoms with E-state index in [0.717, 1.165) is 31.3 Å². The minimum Gasteiger partial charge on any atom is -0.381 e. The third-order valence-corrected chi connectivity index (χ3v) is 11.5. The molecule has 0 aromatic carbocycles. The Balaban J connectivity index is 1.32. The number of fused-ring (bicyclic) bond motifs is 4. The fourth-order valence-electron chi connectivity index (χ4n) is 9.87. The van der Waals surface area contributed by atoms with Gasteiger partial charge in [0.15, 0.2) is 24.3 Å². The van der Waals surface area contributed by atoms with E-state index in [1.807, 2.05) is 0 Å². The fraction of sp³-hybridized carbons (Fsp3) is 0.920. The summed E-state index contributed by atoms with van der Waals surface area (Å²) < 4.78 is 31.6. The smallest absolute Gasteiger partial charge is 0.222 e. The molecule has 12 atom stereocenters. The molecule has 0 unspecified atom stereocenters. The molecule has 7 nitrogen and oxygen atoms in total. The lowest BCUT2D eigenvalue weighted by atomic mass is 9.49. The van der Waals surface area contributed by atoms with Crippen LogP contribution < -0.4 is 0 Å². The highest BCUT2D eigenvalue weighted by atomic mass is 16.8. The van der Waals surface area contributed by atoms with Gasteiger partial charge in [-0.1, -0.05) is 33.8 Å². The first-order valence-corrected chi connectivity index (χ1v) is 12.5. The van der Waals surface area contributed by atoms with Crippen LogP contribution in [-0.2, 0) is 23.7 Å². The number of ether oxygens (including phenoxy) is 5. The van der Waals surface area contributed by atoms with E-state index in [4.69, 9.17) is 23.7 Å². The molecule has 0 radical (unpaired) electrons. The molecule has 32 heavy (non-hydrogen) atoms. The molecule has 7 fully saturated rings. The largest absolute Gasteiger partial charge is 0.381 e. The zero-order chi connectivity index (χ0) is 22.1. The summed E-state index contributed by atoms with van der Waals surface area (Å²) in [6.07, 6.45) is 4.96. The summed E-state index contributed by atoms with van der Waals surface area (Å²) in [5.74, 6) is -1.21. The lowest BCUT2D eigenvalue weighted by molar-refractivity contribution is -0.338. The van der Waals surface area contributed by atoms with E-state index < -0.39 is 30.1 Å². The lowest BCUT2D eigenvalue weighted by Gasteiger charge is -2.55. The highest BCUT2D eigenvalue weighted by Crippen LogP contribution is 2.81. The van der Waals surface area contributed by atoms with E-state index in [1.165, 1.54) is 6.42 Å². The van der Waals surface area contributed by atoms with Crippen LogP contribution in [0.2, 0.25) is 0 Å². The monoisotopic (exact) mass is 446 g/mol. The average Bonchev–Trinajstić information content (AvgIpc) is 3.07. The van der Waals surface area contributed by atoms with Gasteiger partial charge in [0.05, 0.1) is 6.10 Å². The van der Waals surface area contributed by atoms with Crippen molar-refractivity contribution in [1.82, 2.24) is 0 Å². The zero-order valence-corrected chi connectivity index (χ0v) is 19.3. The Morgan fingerprint density at radius 3 is 2.59 bits per heavy atom. The van der Waals surface area contributed by atoms with Gasteiger partial charge in [0.25, 0.3) is 0 Å². The van der Waals surface area contributed by atoms with E-state index in [2.05, 4.69) is 33.8 Å². The molecule has 3 aliphatic carbocycles. The Labute approximate surface area is 188 Å². The van der Waals surface area contributed by atoms with Gasteiger partial charge in [0.2, 0.25) is 5.79 Å². The Bertz CT molecular complexity index is 966. The van der Waals surface area contributed by atoms with Crippen molar-refractivity contribution >= 4 is 0 Å². The minimum atomic E-state index is -1.64. The molecule has 0 aromatic heterocycles. The zero-order valence-electron chi connectivity index (χ0n) is 19.3. The molecule has 2 bridgehead atoms. The van der Waals surface area contributed by atoms with Crippen LogP contribution in [-0.4, -0.2) is 64.2 Å². The first-order chi connectivity index (χ1) is 15.1. The summed E-state index contributed by atoms with van der Waals surface area (Å²) in [5.41, 5.74) is -0.779.